The smallest absolute Gasteiger partial charge is 0.223 e. The molecule has 0 saturated heterocycles. The Morgan fingerprint density at radius 3 is 2.68 bits per heavy atom. The molecule has 0 spiro atoms. The highest BCUT2D eigenvalue weighted by Gasteiger charge is 2.43. The maximum absolute atomic E-state index is 12.3. The second-order valence-corrected chi connectivity index (χ2v) is 6.86. The first-order valence-corrected chi connectivity index (χ1v) is 8.82. The minimum absolute atomic E-state index is 0.0162. The Balaban J connectivity index is 1.51. The lowest BCUT2D eigenvalue weighted by atomic mass is 10.1. The molecular formula is C21H25NO3. The van der Waals surface area contributed by atoms with Gasteiger partial charge in [-0.05, 0) is 49.4 Å². The van der Waals surface area contributed by atoms with Crippen molar-refractivity contribution in [3.8, 4) is 5.75 Å². The average molecular weight is 339 g/mol. The first kappa shape index (κ1) is 17.5. The maximum Gasteiger partial charge on any atom is 0.223 e. The fraction of sp³-hybridized carbons (Fsp3) is 0.381. The van der Waals surface area contributed by atoms with Crippen LogP contribution in [0.25, 0.3) is 0 Å². The molecule has 3 atom stereocenters. The third-order valence-corrected chi connectivity index (χ3v) is 4.44. The number of carbonyl (C=O) groups excluding carboxylic acids is 1. The topological polar surface area (TPSA) is 58.6 Å². The van der Waals surface area contributed by atoms with Gasteiger partial charge in [0.05, 0.1) is 12.2 Å². The first-order chi connectivity index (χ1) is 12.0. The van der Waals surface area contributed by atoms with Crippen LogP contribution < -0.4 is 10.1 Å². The average Bonchev–Trinajstić information content (AvgIpc) is 3.40. The number of nitrogens with one attached hydrogen (secondary N) is 1. The Bertz CT molecular complexity index is 714. The molecule has 4 heteroatoms. The highest BCUT2D eigenvalue weighted by molar-refractivity contribution is 5.82. The molecule has 3 rings (SSSR count). The second kappa shape index (κ2) is 7.70. The van der Waals surface area contributed by atoms with Crippen molar-refractivity contribution in [1.82, 2.24) is 5.32 Å². The van der Waals surface area contributed by atoms with Crippen LogP contribution >= 0.6 is 0 Å². The molecule has 0 aromatic heterocycles. The molecule has 1 fully saturated rings. The summed E-state index contributed by atoms with van der Waals surface area (Å²) < 4.78 is 5.64. The van der Waals surface area contributed by atoms with Gasteiger partial charge in [0.15, 0.2) is 0 Å². The number of aliphatic hydroxyl groups excluding tert-OH is 1. The van der Waals surface area contributed by atoms with Crippen molar-refractivity contribution in [2.45, 2.75) is 38.4 Å². The summed E-state index contributed by atoms with van der Waals surface area (Å²) in [6.07, 6.45) is 0.217. The second-order valence-electron chi connectivity index (χ2n) is 6.86. The molecule has 0 radical (unpaired) electrons. The minimum atomic E-state index is -0.742. The van der Waals surface area contributed by atoms with Crippen LogP contribution in [0.4, 0.5) is 0 Å². The molecule has 4 nitrogen and oxygen atoms in total. The van der Waals surface area contributed by atoms with E-state index in [9.17, 15) is 9.90 Å². The SMILES string of the molecule is CC(C)Oc1cccc(C(O)CNC(=O)C2CC2c2ccccc2)c1. The fourth-order valence-corrected chi connectivity index (χ4v) is 3.07. The van der Waals surface area contributed by atoms with Crippen LogP contribution in [0, 0.1) is 5.92 Å². The summed E-state index contributed by atoms with van der Waals surface area (Å²) in [6.45, 7) is 4.13. The summed E-state index contributed by atoms with van der Waals surface area (Å²) in [7, 11) is 0. The predicted molar refractivity (Wildman–Crippen MR) is 97.5 cm³/mol. The molecule has 2 N–H and O–H groups in total. The Morgan fingerprint density at radius 2 is 1.96 bits per heavy atom. The van der Waals surface area contributed by atoms with Crippen LogP contribution in [0.1, 0.15) is 43.4 Å². The number of carbonyl (C=O) groups is 1. The molecule has 1 aliphatic carbocycles. The lowest BCUT2D eigenvalue weighted by molar-refractivity contribution is -0.122. The van der Waals surface area contributed by atoms with Gasteiger partial charge in [-0.2, -0.15) is 0 Å². The molecule has 2 aromatic rings. The van der Waals surface area contributed by atoms with E-state index in [0.29, 0.717) is 5.92 Å². The Kier molecular flexibility index (Phi) is 5.39. The molecule has 0 aliphatic heterocycles. The van der Waals surface area contributed by atoms with Crippen molar-refractivity contribution in [1.29, 1.82) is 0 Å². The normalized spacial score (nSPS) is 20.2. The van der Waals surface area contributed by atoms with Gasteiger partial charge in [0.25, 0.3) is 0 Å². The van der Waals surface area contributed by atoms with E-state index in [1.165, 1.54) is 5.56 Å². The lowest BCUT2D eigenvalue weighted by Crippen LogP contribution is -2.30. The van der Waals surface area contributed by atoms with E-state index in [0.717, 1.165) is 17.7 Å². The molecule has 132 valence electrons. The molecule has 25 heavy (non-hydrogen) atoms. The van der Waals surface area contributed by atoms with Gasteiger partial charge in [-0.15, -0.1) is 0 Å². The van der Waals surface area contributed by atoms with Crippen LogP contribution in [-0.4, -0.2) is 23.7 Å². The van der Waals surface area contributed by atoms with Gasteiger partial charge in [-0.1, -0.05) is 42.5 Å². The molecule has 3 unspecified atom stereocenters. The van der Waals surface area contributed by atoms with Gasteiger partial charge in [0, 0.05) is 12.5 Å². The van der Waals surface area contributed by atoms with Crippen LogP contribution in [-0.2, 0) is 4.79 Å². The third-order valence-electron chi connectivity index (χ3n) is 4.44. The number of hydrogen-bond acceptors (Lipinski definition) is 3. The minimum Gasteiger partial charge on any atom is -0.491 e. The van der Waals surface area contributed by atoms with Gasteiger partial charge in [-0.25, -0.2) is 0 Å². The van der Waals surface area contributed by atoms with Crippen LogP contribution in [0.5, 0.6) is 5.75 Å². The zero-order valence-corrected chi connectivity index (χ0v) is 14.7. The number of aliphatic hydroxyl groups is 1. The summed E-state index contributed by atoms with van der Waals surface area (Å²) in [6, 6.07) is 17.5. The van der Waals surface area contributed by atoms with Gasteiger partial charge in [0.2, 0.25) is 5.91 Å². The Hall–Kier alpha value is -2.33. The van der Waals surface area contributed by atoms with Crippen molar-refractivity contribution >= 4 is 5.91 Å². The maximum atomic E-state index is 12.3. The number of ether oxygens (including phenoxy) is 1. The molecular weight excluding hydrogens is 314 g/mol. The van der Waals surface area contributed by atoms with E-state index in [1.807, 2.05) is 56.3 Å². The Morgan fingerprint density at radius 1 is 1.20 bits per heavy atom. The van der Waals surface area contributed by atoms with Crippen molar-refractivity contribution in [3.63, 3.8) is 0 Å². The third kappa shape index (κ3) is 4.60. The lowest BCUT2D eigenvalue weighted by Gasteiger charge is -2.15. The molecule has 2 aromatic carbocycles. The van der Waals surface area contributed by atoms with Crippen LogP contribution in [0.3, 0.4) is 0 Å². The predicted octanol–water partition coefficient (Wildman–Crippen LogP) is 3.43. The molecule has 0 bridgehead atoms. The van der Waals surface area contributed by atoms with Crippen LogP contribution in [0.15, 0.2) is 54.6 Å². The summed E-state index contributed by atoms with van der Waals surface area (Å²) in [5.41, 5.74) is 1.95. The van der Waals surface area contributed by atoms with Gasteiger partial charge in [0.1, 0.15) is 5.75 Å². The zero-order valence-electron chi connectivity index (χ0n) is 14.7. The summed E-state index contributed by atoms with van der Waals surface area (Å²) >= 11 is 0. The van der Waals surface area contributed by atoms with E-state index in [1.54, 1.807) is 0 Å². The highest BCUT2D eigenvalue weighted by Crippen LogP contribution is 2.47. The van der Waals surface area contributed by atoms with E-state index in [2.05, 4.69) is 17.4 Å². The van der Waals surface area contributed by atoms with Gasteiger partial charge < -0.3 is 15.2 Å². The van der Waals surface area contributed by atoms with E-state index >= 15 is 0 Å². The largest absolute Gasteiger partial charge is 0.491 e. The summed E-state index contributed by atoms with van der Waals surface area (Å²) in [5, 5.41) is 13.2. The van der Waals surface area contributed by atoms with Crippen molar-refractivity contribution in [2.75, 3.05) is 6.54 Å². The number of hydrogen-bond donors (Lipinski definition) is 2. The number of benzene rings is 2. The van der Waals surface area contributed by atoms with E-state index < -0.39 is 6.10 Å². The monoisotopic (exact) mass is 339 g/mol. The number of amides is 1. The van der Waals surface area contributed by atoms with Gasteiger partial charge >= 0.3 is 0 Å². The fourth-order valence-electron chi connectivity index (χ4n) is 3.07. The van der Waals surface area contributed by atoms with Crippen molar-refractivity contribution in [3.05, 3.63) is 65.7 Å². The molecule has 1 aliphatic rings. The molecule has 1 saturated carbocycles. The quantitative estimate of drug-likeness (QED) is 0.812. The summed E-state index contributed by atoms with van der Waals surface area (Å²) in [4.78, 5) is 12.3. The molecule has 1 amide bonds. The van der Waals surface area contributed by atoms with Crippen LogP contribution in [0.2, 0.25) is 0 Å². The highest BCUT2D eigenvalue weighted by atomic mass is 16.5. The van der Waals surface area contributed by atoms with E-state index in [4.69, 9.17) is 4.74 Å². The Labute approximate surface area is 148 Å². The zero-order chi connectivity index (χ0) is 17.8. The van der Waals surface area contributed by atoms with Crippen molar-refractivity contribution in [2.24, 2.45) is 5.92 Å². The standard InChI is InChI=1S/C21H25NO3/c1-14(2)25-17-10-6-9-16(11-17)20(23)13-22-21(24)19-12-18(19)15-7-4-3-5-8-15/h3-11,14,18-20,23H,12-13H2,1-2H3,(H,22,24). The first-order valence-electron chi connectivity index (χ1n) is 8.82. The van der Waals surface area contributed by atoms with Gasteiger partial charge in [-0.3, -0.25) is 4.79 Å². The number of rotatable bonds is 7. The van der Waals surface area contributed by atoms with E-state index in [-0.39, 0.29) is 24.5 Å². The van der Waals surface area contributed by atoms with Crippen molar-refractivity contribution < 1.29 is 14.6 Å². The molecule has 0 heterocycles. The summed E-state index contributed by atoms with van der Waals surface area (Å²) in [5.74, 6) is 1.07.